The molecular formula is C22H23F3N4O3S. The normalized spacial score (nSPS) is 17.6. The number of aryl methyl sites for hydroxylation is 1. The number of halogens is 3. The molecule has 1 saturated heterocycles. The fourth-order valence-electron chi connectivity index (χ4n) is 4.10. The number of Topliss-reactive ketones (excluding diaryl/α,β-unsaturated/α-hetero) is 1. The molecule has 0 amide bonds. The number of aliphatic hydroxyl groups excluding tert-OH is 1. The second kappa shape index (κ2) is 9.22. The Morgan fingerprint density at radius 1 is 1.27 bits per heavy atom. The van der Waals surface area contributed by atoms with Crippen molar-refractivity contribution >= 4 is 32.6 Å². The Morgan fingerprint density at radius 3 is 2.67 bits per heavy atom. The summed E-state index contributed by atoms with van der Waals surface area (Å²) in [5, 5.41) is 9.68. The monoisotopic (exact) mass is 480 g/mol. The van der Waals surface area contributed by atoms with Gasteiger partial charge >= 0.3 is 6.18 Å². The fraction of sp³-hybridized carbons (Fsp3) is 0.455. The van der Waals surface area contributed by atoms with Gasteiger partial charge in [0.25, 0.3) is 5.56 Å². The number of fused-ring (bicyclic) bond motifs is 1. The predicted molar refractivity (Wildman–Crippen MR) is 119 cm³/mol. The van der Waals surface area contributed by atoms with Crippen LogP contribution in [0.3, 0.4) is 0 Å². The zero-order valence-corrected chi connectivity index (χ0v) is 18.7. The van der Waals surface area contributed by atoms with Gasteiger partial charge in [0.1, 0.15) is 0 Å². The van der Waals surface area contributed by atoms with Crippen molar-refractivity contribution in [3.05, 3.63) is 52.1 Å². The van der Waals surface area contributed by atoms with E-state index >= 15 is 0 Å². The highest BCUT2D eigenvalue weighted by Gasteiger charge is 2.39. The number of alkyl halides is 3. The third-order valence-corrected chi connectivity index (χ3v) is 6.77. The highest BCUT2D eigenvalue weighted by Crippen LogP contribution is 2.35. The molecule has 1 fully saturated rings. The molecule has 7 nitrogen and oxygen atoms in total. The Kier molecular flexibility index (Phi) is 6.53. The Morgan fingerprint density at radius 2 is 2.00 bits per heavy atom. The molecule has 4 rings (SSSR count). The van der Waals surface area contributed by atoms with Gasteiger partial charge in [0.15, 0.2) is 21.3 Å². The van der Waals surface area contributed by atoms with Crippen molar-refractivity contribution in [2.45, 2.75) is 50.9 Å². The van der Waals surface area contributed by atoms with Gasteiger partial charge in [-0.05, 0) is 31.7 Å². The van der Waals surface area contributed by atoms with E-state index in [0.29, 0.717) is 35.5 Å². The summed E-state index contributed by atoms with van der Waals surface area (Å²) in [6, 6.07) is 8.09. The first-order valence-corrected chi connectivity index (χ1v) is 11.5. The Hall–Kier alpha value is -2.79. The molecule has 1 aliphatic rings. The Labute approximate surface area is 191 Å². The minimum Gasteiger partial charge on any atom is -0.394 e. The molecule has 1 aromatic carbocycles. The lowest BCUT2D eigenvalue weighted by Crippen LogP contribution is -2.36. The lowest BCUT2D eigenvalue weighted by atomic mass is 10.0. The number of aromatic nitrogens is 3. The summed E-state index contributed by atoms with van der Waals surface area (Å²) in [5.74, 6) is -1.33. The highest BCUT2D eigenvalue weighted by molar-refractivity contribution is 7.21. The first-order valence-electron chi connectivity index (χ1n) is 10.6. The molecule has 2 aromatic heterocycles. The summed E-state index contributed by atoms with van der Waals surface area (Å²) >= 11 is 0.878. The van der Waals surface area contributed by atoms with E-state index in [9.17, 15) is 27.9 Å². The van der Waals surface area contributed by atoms with Crippen molar-refractivity contribution in [3.8, 4) is 0 Å². The van der Waals surface area contributed by atoms with E-state index in [0.717, 1.165) is 23.3 Å². The number of ketones is 1. The molecule has 3 aromatic rings. The van der Waals surface area contributed by atoms with Crippen LogP contribution in [0.1, 0.15) is 43.6 Å². The third-order valence-electron chi connectivity index (χ3n) is 5.79. The fourth-order valence-corrected chi connectivity index (χ4v) is 5.11. The number of nitrogens with zero attached hydrogens (tertiary/aromatic N) is 4. The maximum absolute atomic E-state index is 13.6. The molecule has 0 spiro atoms. The summed E-state index contributed by atoms with van der Waals surface area (Å²) in [5.41, 5.74) is -0.0916. The zero-order chi connectivity index (χ0) is 23.8. The molecule has 1 aliphatic heterocycles. The van der Waals surface area contributed by atoms with Gasteiger partial charge in [0.05, 0.1) is 18.7 Å². The van der Waals surface area contributed by atoms with Crippen LogP contribution in [0.15, 0.2) is 35.1 Å². The zero-order valence-electron chi connectivity index (χ0n) is 17.9. The number of hydrogen-bond donors (Lipinski definition) is 1. The van der Waals surface area contributed by atoms with Crippen LogP contribution in [0.4, 0.5) is 18.3 Å². The van der Waals surface area contributed by atoms with Gasteiger partial charge in [-0.15, -0.1) is 0 Å². The topological polar surface area (TPSA) is 88.3 Å². The van der Waals surface area contributed by atoms with Crippen molar-refractivity contribution in [1.82, 2.24) is 14.5 Å². The van der Waals surface area contributed by atoms with E-state index in [1.165, 1.54) is 6.92 Å². The van der Waals surface area contributed by atoms with E-state index < -0.39 is 36.3 Å². The van der Waals surface area contributed by atoms with Gasteiger partial charge in [0, 0.05) is 13.0 Å². The minimum absolute atomic E-state index is 0.0332. The molecule has 0 bridgehead atoms. The van der Waals surface area contributed by atoms with Crippen molar-refractivity contribution in [3.63, 3.8) is 0 Å². The van der Waals surface area contributed by atoms with E-state index in [1.54, 1.807) is 4.90 Å². The molecular weight excluding hydrogens is 457 g/mol. The van der Waals surface area contributed by atoms with Gasteiger partial charge < -0.3 is 10.0 Å². The van der Waals surface area contributed by atoms with E-state index in [4.69, 9.17) is 0 Å². The second-order valence-corrected chi connectivity index (χ2v) is 9.05. The molecule has 0 aliphatic carbocycles. The van der Waals surface area contributed by atoms with Crippen LogP contribution in [0, 0.1) is 0 Å². The Balaban J connectivity index is 1.65. The van der Waals surface area contributed by atoms with Crippen LogP contribution in [-0.4, -0.2) is 44.6 Å². The molecule has 0 saturated carbocycles. The largest absolute Gasteiger partial charge is 0.449 e. The number of hydrogen-bond acceptors (Lipinski definition) is 7. The van der Waals surface area contributed by atoms with Crippen LogP contribution in [0.5, 0.6) is 0 Å². The number of carbonyl (C=O) groups excluding carboxylic acids is 1. The molecule has 33 heavy (non-hydrogen) atoms. The van der Waals surface area contributed by atoms with Crippen molar-refractivity contribution in [2.24, 2.45) is 0 Å². The summed E-state index contributed by atoms with van der Waals surface area (Å²) in [6.07, 6.45) is -2.57. The van der Waals surface area contributed by atoms with Crippen LogP contribution in [0.2, 0.25) is 0 Å². The average molecular weight is 481 g/mol. The maximum Gasteiger partial charge on any atom is 0.449 e. The highest BCUT2D eigenvalue weighted by atomic mass is 32.1. The van der Waals surface area contributed by atoms with Gasteiger partial charge in [-0.2, -0.15) is 13.2 Å². The number of thiazole rings is 1. The number of aliphatic hydroxyl groups is 1. The van der Waals surface area contributed by atoms with Gasteiger partial charge in [-0.1, -0.05) is 41.7 Å². The minimum atomic E-state index is -4.87. The maximum atomic E-state index is 13.6. The molecule has 176 valence electrons. The first kappa shape index (κ1) is 23.4. The third kappa shape index (κ3) is 4.65. The van der Waals surface area contributed by atoms with Crippen molar-refractivity contribution in [1.29, 1.82) is 0 Å². The molecule has 0 unspecified atom stereocenters. The Bertz CT molecular complexity index is 1210. The summed E-state index contributed by atoms with van der Waals surface area (Å²) < 4.78 is 41.2. The molecule has 3 heterocycles. The van der Waals surface area contributed by atoms with Gasteiger partial charge in [-0.25, -0.2) is 9.97 Å². The quantitative estimate of drug-likeness (QED) is 0.556. The smallest absolute Gasteiger partial charge is 0.394 e. The molecule has 1 N–H and O–H groups in total. The predicted octanol–water partition coefficient (Wildman–Crippen LogP) is 3.60. The lowest BCUT2D eigenvalue weighted by molar-refractivity contribution is -0.148. The number of rotatable bonds is 7. The van der Waals surface area contributed by atoms with Gasteiger partial charge in [0.2, 0.25) is 5.82 Å². The van der Waals surface area contributed by atoms with E-state index in [-0.39, 0.29) is 16.1 Å². The number of anilines is 1. The standard InChI is InChI=1S/C22H23F3N4O3S/c1-13(12-30)29-19(32)17-18(27-20(29)22(23,24)25)33-21(26-17)28-11-5-8-15(28)16(31)10-9-14-6-3-2-4-7-14/h2-4,6-7,13,15,30H,5,8-12H2,1H3/t13-,15+/m0/s1. The van der Waals surface area contributed by atoms with Crippen molar-refractivity contribution < 1.29 is 23.1 Å². The van der Waals surface area contributed by atoms with Crippen LogP contribution in [-0.2, 0) is 17.4 Å². The van der Waals surface area contributed by atoms with Crippen molar-refractivity contribution in [2.75, 3.05) is 18.1 Å². The summed E-state index contributed by atoms with van der Waals surface area (Å²) in [6.45, 7) is 1.17. The summed E-state index contributed by atoms with van der Waals surface area (Å²) in [4.78, 5) is 35.4. The molecule has 11 heteroatoms. The molecule has 2 atom stereocenters. The SMILES string of the molecule is C[C@@H](CO)n1c(C(F)(F)F)nc2sc(N3CCC[C@@H]3C(=O)CCc3ccccc3)nc2c1=O. The van der Waals surface area contributed by atoms with Crippen LogP contribution < -0.4 is 10.5 Å². The van der Waals surface area contributed by atoms with Gasteiger partial charge in [-0.3, -0.25) is 14.2 Å². The van der Waals surface area contributed by atoms with E-state index in [1.807, 2.05) is 30.3 Å². The first-order chi connectivity index (χ1) is 15.7. The van der Waals surface area contributed by atoms with E-state index in [2.05, 4.69) is 9.97 Å². The molecule has 0 radical (unpaired) electrons. The average Bonchev–Trinajstić information content (AvgIpc) is 3.44. The van der Waals surface area contributed by atoms with Crippen LogP contribution >= 0.6 is 11.3 Å². The second-order valence-electron chi connectivity index (χ2n) is 8.09. The number of carbonyl (C=O) groups is 1. The summed E-state index contributed by atoms with van der Waals surface area (Å²) in [7, 11) is 0. The number of benzene rings is 1. The van der Waals surface area contributed by atoms with Crippen LogP contribution in [0.25, 0.3) is 10.3 Å². The lowest BCUT2D eigenvalue weighted by Gasteiger charge is -2.22.